The summed E-state index contributed by atoms with van der Waals surface area (Å²) in [4.78, 5) is 23.5. The lowest BCUT2D eigenvalue weighted by molar-refractivity contribution is 0.934. The Labute approximate surface area is 123 Å². The van der Waals surface area contributed by atoms with Crippen molar-refractivity contribution < 1.29 is 0 Å². The van der Waals surface area contributed by atoms with Crippen LogP contribution in [0.5, 0.6) is 0 Å². The van der Waals surface area contributed by atoms with Crippen LogP contribution in [0.25, 0.3) is 21.7 Å². The molecular formula is C16H12N4O2. The maximum Gasteiger partial charge on any atom is 0.272 e. The van der Waals surface area contributed by atoms with Crippen LogP contribution >= 0.6 is 0 Å². The number of fused-ring (bicyclic) bond motifs is 2. The Balaban J connectivity index is 1.85. The van der Waals surface area contributed by atoms with Crippen molar-refractivity contribution in [1.82, 2.24) is 20.4 Å². The van der Waals surface area contributed by atoms with Crippen molar-refractivity contribution in [3.05, 3.63) is 74.4 Å². The van der Waals surface area contributed by atoms with Gasteiger partial charge in [-0.05, 0) is 23.8 Å². The normalized spacial score (nSPS) is 11.3. The topological polar surface area (TPSA) is 94.4 Å². The number of hydrogen-bond donors (Lipinski definition) is 3. The zero-order chi connectivity index (χ0) is 15.1. The van der Waals surface area contributed by atoms with E-state index < -0.39 is 0 Å². The number of H-pyrrole nitrogens is 3. The molecule has 2 heterocycles. The van der Waals surface area contributed by atoms with E-state index in [4.69, 9.17) is 0 Å². The molecule has 6 nitrogen and oxygen atoms in total. The van der Waals surface area contributed by atoms with Crippen molar-refractivity contribution in [3.8, 4) is 0 Å². The van der Waals surface area contributed by atoms with Crippen LogP contribution in [-0.4, -0.2) is 20.4 Å². The molecule has 0 bridgehead atoms. The van der Waals surface area contributed by atoms with Crippen molar-refractivity contribution in [2.24, 2.45) is 0 Å². The Morgan fingerprint density at radius 3 is 2.55 bits per heavy atom. The summed E-state index contributed by atoms with van der Waals surface area (Å²) in [5.41, 5.74) is 2.17. The van der Waals surface area contributed by atoms with Gasteiger partial charge in [0, 0.05) is 11.8 Å². The van der Waals surface area contributed by atoms with Crippen molar-refractivity contribution in [3.63, 3.8) is 0 Å². The second-order valence-corrected chi connectivity index (χ2v) is 5.18. The predicted molar refractivity (Wildman–Crippen MR) is 84.1 cm³/mol. The lowest BCUT2D eigenvalue weighted by Crippen LogP contribution is -2.11. The standard InChI is InChI=1S/C16H12N4O2/c21-15-11-4-2-1-3-10(11)14(18-19-15)8-9-5-6-13-12(7-9)16(22)20-17-13/h1-7H,8H2,(H,19,21)(H2,17,20,22). The van der Waals surface area contributed by atoms with Crippen LogP contribution in [0.15, 0.2) is 52.1 Å². The van der Waals surface area contributed by atoms with Gasteiger partial charge in [-0.15, -0.1) is 0 Å². The Bertz CT molecular complexity index is 1100. The first-order valence-electron chi connectivity index (χ1n) is 6.88. The van der Waals surface area contributed by atoms with Crippen LogP contribution in [0.1, 0.15) is 11.3 Å². The molecule has 0 unspecified atom stereocenters. The molecule has 0 saturated carbocycles. The molecule has 22 heavy (non-hydrogen) atoms. The molecule has 108 valence electrons. The van der Waals surface area contributed by atoms with Gasteiger partial charge in [-0.1, -0.05) is 24.3 Å². The van der Waals surface area contributed by atoms with Gasteiger partial charge in [0.05, 0.1) is 22.0 Å². The van der Waals surface area contributed by atoms with Crippen molar-refractivity contribution in [1.29, 1.82) is 0 Å². The van der Waals surface area contributed by atoms with E-state index in [0.717, 1.165) is 22.2 Å². The molecule has 4 aromatic rings. The van der Waals surface area contributed by atoms with Crippen LogP contribution in [0, 0.1) is 0 Å². The van der Waals surface area contributed by atoms with Gasteiger partial charge in [-0.3, -0.25) is 19.8 Å². The van der Waals surface area contributed by atoms with Gasteiger partial charge in [0.2, 0.25) is 0 Å². The summed E-state index contributed by atoms with van der Waals surface area (Å²) in [7, 11) is 0. The van der Waals surface area contributed by atoms with E-state index in [-0.39, 0.29) is 11.1 Å². The minimum absolute atomic E-state index is 0.142. The molecular weight excluding hydrogens is 280 g/mol. The second-order valence-electron chi connectivity index (χ2n) is 5.18. The van der Waals surface area contributed by atoms with Crippen LogP contribution in [0.2, 0.25) is 0 Å². The number of nitrogens with zero attached hydrogens (tertiary/aromatic N) is 1. The Morgan fingerprint density at radius 2 is 1.68 bits per heavy atom. The van der Waals surface area contributed by atoms with E-state index in [2.05, 4.69) is 20.4 Å². The fourth-order valence-electron chi connectivity index (χ4n) is 2.69. The summed E-state index contributed by atoms with van der Waals surface area (Å²) in [6.07, 6.45) is 0.540. The number of aromatic nitrogens is 4. The number of hydrogen-bond acceptors (Lipinski definition) is 3. The lowest BCUT2D eigenvalue weighted by atomic mass is 10.0. The Morgan fingerprint density at radius 1 is 0.864 bits per heavy atom. The smallest absolute Gasteiger partial charge is 0.272 e. The minimum atomic E-state index is -0.197. The first kappa shape index (κ1) is 12.6. The minimum Gasteiger partial charge on any atom is -0.298 e. The second kappa shape index (κ2) is 4.70. The molecule has 0 fully saturated rings. The first-order chi connectivity index (χ1) is 10.7. The van der Waals surface area contributed by atoms with E-state index in [0.29, 0.717) is 17.2 Å². The molecule has 0 amide bonds. The highest BCUT2D eigenvalue weighted by Crippen LogP contribution is 2.18. The average molecular weight is 292 g/mol. The Kier molecular flexibility index (Phi) is 2.69. The summed E-state index contributed by atoms with van der Waals surface area (Å²) < 4.78 is 0. The van der Waals surface area contributed by atoms with Crippen LogP contribution in [-0.2, 0) is 6.42 Å². The molecule has 6 heteroatoms. The summed E-state index contributed by atoms with van der Waals surface area (Å²) in [5, 5.41) is 14.1. The quantitative estimate of drug-likeness (QED) is 0.524. The Hall–Kier alpha value is -3.15. The van der Waals surface area contributed by atoms with E-state index in [1.54, 1.807) is 6.07 Å². The molecule has 0 aliphatic rings. The van der Waals surface area contributed by atoms with E-state index in [1.807, 2.05) is 36.4 Å². The number of nitrogens with one attached hydrogen (secondary N) is 3. The summed E-state index contributed by atoms with van der Waals surface area (Å²) in [6, 6.07) is 13.0. The highest BCUT2D eigenvalue weighted by Gasteiger charge is 2.08. The largest absolute Gasteiger partial charge is 0.298 e. The molecule has 0 radical (unpaired) electrons. The molecule has 3 N–H and O–H groups in total. The van der Waals surface area contributed by atoms with Gasteiger partial charge >= 0.3 is 0 Å². The van der Waals surface area contributed by atoms with Crippen LogP contribution in [0.3, 0.4) is 0 Å². The SMILES string of the molecule is O=c1[nH][nH]c2ccc(Cc3n[nH]c(=O)c4ccccc34)cc12. The van der Waals surface area contributed by atoms with Crippen LogP contribution < -0.4 is 11.1 Å². The number of rotatable bonds is 2. The third-order valence-electron chi connectivity index (χ3n) is 3.79. The first-order valence-corrected chi connectivity index (χ1v) is 6.88. The molecule has 0 saturated heterocycles. The van der Waals surface area contributed by atoms with Crippen LogP contribution in [0.4, 0.5) is 0 Å². The van der Waals surface area contributed by atoms with Gasteiger partial charge in [0.15, 0.2) is 0 Å². The fourth-order valence-corrected chi connectivity index (χ4v) is 2.69. The highest BCUT2D eigenvalue weighted by atomic mass is 16.1. The van der Waals surface area contributed by atoms with E-state index in [1.165, 1.54) is 0 Å². The number of aromatic amines is 3. The molecule has 2 aromatic heterocycles. The third kappa shape index (κ3) is 1.93. The van der Waals surface area contributed by atoms with Crippen molar-refractivity contribution in [2.75, 3.05) is 0 Å². The van der Waals surface area contributed by atoms with E-state index in [9.17, 15) is 9.59 Å². The van der Waals surface area contributed by atoms with Crippen molar-refractivity contribution >= 4 is 21.7 Å². The average Bonchev–Trinajstić information content (AvgIpc) is 2.91. The molecule has 0 aliphatic carbocycles. The van der Waals surface area contributed by atoms with Gasteiger partial charge in [-0.25, -0.2) is 5.10 Å². The third-order valence-corrected chi connectivity index (χ3v) is 3.79. The van der Waals surface area contributed by atoms with Crippen molar-refractivity contribution in [2.45, 2.75) is 6.42 Å². The van der Waals surface area contributed by atoms with Gasteiger partial charge in [0.1, 0.15) is 0 Å². The molecule has 2 aromatic carbocycles. The molecule has 0 atom stereocenters. The monoisotopic (exact) mass is 292 g/mol. The highest BCUT2D eigenvalue weighted by molar-refractivity contribution is 5.84. The zero-order valence-corrected chi connectivity index (χ0v) is 11.5. The molecule has 0 aliphatic heterocycles. The molecule has 4 rings (SSSR count). The van der Waals surface area contributed by atoms with Gasteiger partial charge in [0.25, 0.3) is 11.1 Å². The lowest BCUT2D eigenvalue weighted by Gasteiger charge is -2.05. The fraction of sp³-hybridized carbons (Fsp3) is 0.0625. The maximum atomic E-state index is 11.8. The van der Waals surface area contributed by atoms with Gasteiger partial charge in [-0.2, -0.15) is 5.10 Å². The summed E-state index contributed by atoms with van der Waals surface area (Å²) in [5.74, 6) is 0. The zero-order valence-electron chi connectivity index (χ0n) is 11.5. The maximum absolute atomic E-state index is 11.8. The van der Waals surface area contributed by atoms with Gasteiger partial charge < -0.3 is 0 Å². The summed E-state index contributed by atoms with van der Waals surface area (Å²) in [6.45, 7) is 0. The summed E-state index contributed by atoms with van der Waals surface area (Å²) >= 11 is 0. The predicted octanol–water partition coefficient (Wildman–Crippen LogP) is 1.68. The molecule has 0 spiro atoms. The van der Waals surface area contributed by atoms with E-state index >= 15 is 0 Å². The number of benzene rings is 2.